The van der Waals surface area contributed by atoms with Crippen molar-refractivity contribution >= 4 is 33.2 Å². The number of hydrogen-bond acceptors (Lipinski definition) is 4. The number of hydrogen-bond donors (Lipinski definition) is 1. The summed E-state index contributed by atoms with van der Waals surface area (Å²) in [4.78, 5) is 12.5. The van der Waals surface area contributed by atoms with E-state index in [1.54, 1.807) is 18.2 Å². The number of carbonyl (C=O) groups excluding carboxylic acids is 1. The second-order valence-corrected chi connectivity index (χ2v) is 8.48. The molecule has 1 atom stereocenters. The van der Waals surface area contributed by atoms with Crippen LogP contribution in [0.5, 0.6) is 0 Å². The lowest BCUT2D eigenvalue weighted by molar-refractivity contribution is -0.120. The van der Waals surface area contributed by atoms with Crippen molar-refractivity contribution in [3.05, 3.63) is 28.8 Å². The number of amides is 1. The van der Waals surface area contributed by atoms with Crippen LogP contribution in [0.15, 0.2) is 18.2 Å². The summed E-state index contributed by atoms with van der Waals surface area (Å²) in [6, 6.07) is 5.25. The highest BCUT2D eigenvalue weighted by atomic mass is 35.5. The van der Waals surface area contributed by atoms with Gasteiger partial charge in [0.05, 0.1) is 18.3 Å². The lowest BCUT2D eigenvalue weighted by Gasteiger charge is -2.31. The van der Waals surface area contributed by atoms with Crippen LogP contribution >= 0.6 is 11.6 Å². The van der Waals surface area contributed by atoms with E-state index in [2.05, 4.69) is 5.32 Å². The first-order valence-electron chi connectivity index (χ1n) is 7.87. The molecule has 1 amide bonds. The Hall–Kier alpha value is -1.15. The van der Waals surface area contributed by atoms with Crippen LogP contribution in [0.2, 0.25) is 5.02 Å². The molecule has 0 aromatic heterocycles. The molecule has 0 bridgehead atoms. The number of anilines is 1. The van der Waals surface area contributed by atoms with Gasteiger partial charge in [-0.1, -0.05) is 11.6 Å². The first-order chi connectivity index (χ1) is 11.3. The van der Waals surface area contributed by atoms with Crippen molar-refractivity contribution in [1.29, 1.82) is 0 Å². The lowest BCUT2D eigenvalue weighted by Crippen LogP contribution is -2.45. The van der Waals surface area contributed by atoms with Gasteiger partial charge in [0.15, 0.2) is 0 Å². The molecule has 1 aromatic rings. The van der Waals surface area contributed by atoms with Crippen LogP contribution in [0, 0.1) is 12.8 Å². The Morgan fingerprint density at radius 1 is 1.46 bits per heavy atom. The van der Waals surface area contributed by atoms with Crippen LogP contribution < -0.4 is 5.32 Å². The molecule has 1 aliphatic heterocycles. The Morgan fingerprint density at radius 3 is 2.88 bits per heavy atom. The van der Waals surface area contributed by atoms with Crippen molar-refractivity contribution in [2.45, 2.75) is 19.8 Å². The summed E-state index contributed by atoms with van der Waals surface area (Å²) in [5.74, 6) is -0.577. The summed E-state index contributed by atoms with van der Waals surface area (Å²) in [6.45, 7) is 2.68. The largest absolute Gasteiger partial charge is 0.384 e. The number of sulfonamides is 1. The average molecular weight is 375 g/mol. The van der Waals surface area contributed by atoms with Crippen LogP contribution in [0.4, 0.5) is 5.69 Å². The van der Waals surface area contributed by atoms with Gasteiger partial charge in [0.1, 0.15) is 0 Å². The van der Waals surface area contributed by atoms with Gasteiger partial charge >= 0.3 is 0 Å². The molecule has 0 aliphatic carbocycles. The van der Waals surface area contributed by atoms with E-state index >= 15 is 0 Å². The molecule has 8 heteroatoms. The molecule has 134 valence electrons. The van der Waals surface area contributed by atoms with Gasteiger partial charge in [-0.05, 0) is 43.5 Å². The van der Waals surface area contributed by atoms with Crippen LogP contribution in [-0.2, 0) is 19.6 Å². The first-order valence-corrected chi connectivity index (χ1v) is 9.86. The fraction of sp³-hybridized carbons (Fsp3) is 0.562. The highest BCUT2D eigenvalue weighted by molar-refractivity contribution is 7.89. The maximum Gasteiger partial charge on any atom is 0.228 e. The molecule has 24 heavy (non-hydrogen) atoms. The number of nitrogens with one attached hydrogen (secondary N) is 1. The average Bonchev–Trinajstić information content (AvgIpc) is 2.55. The zero-order valence-electron chi connectivity index (χ0n) is 13.9. The van der Waals surface area contributed by atoms with Gasteiger partial charge in [0, 0.05) is 30.9 Å². The van der Waals surface area contributed by atoms with Gasteiger partial charge < -0.3 is 10.1 Å². The molecule has 1 saturated heterocycles. The molecular weight excluding hydrogens is 352 g/mol. The first kappa shape index (κ1) is 19.2. The normalized spacial score (nSPS) is 19.2. The van der Waals surface area contributed by atoms with Crippen molar-refractivity contribution in [2.75, 3.05) is 37.9 Å². The van der Waals surface area contributed by atoms with E-state index < -0.39 is 10.0 Å². The van der Waals surface area contributed by atoms with Crippen molar-refractivity contribution in [2.24, 2.45) is 5.92 Å². The molecule has 0 saturated carbocycles. The number of halogens is 1. The summed E-state index contributed by atoms with van der Waals surface area (Å²) in [5, 5.41) is 3.49. The standard InChI is InChI=1S/C16H23ClN2O4S/c1-12-10-14(17)5-6-15(12)18-16(20)13-4-3-7-19(11-13)24(21,22)9-8-23-2/h5-6,10,13H,3-4,7-9,11H2,1-2H3,(H,18,20). The zero-order chi connectivity index (χ0) is 17.7. The van der Waals surface area contributed by atoms with Crippen LogP contribution in [-0.4, -0.2) is 51.2 Å². The predicted molar refractivity (Wildman–Crippen MR) is 94.8 cm³/mol. The third kappa shape index (κ3) is 4.92. The van der Waals surface area contributed by atoms with Gasteiger partial charge in [-0.15, -0.1) is 0 Å². The highest BCUT2D eigenvalue weighted by Gasteiger charge is 2.32. The molecule has 0 spiro atoms. The quantitative estimate of drug-likeness (QED) is 0.828. The Balaban J connectivity index is 2.02. The number of nitrogens with zero attached hydrogens (tertiary/aromatic N) is 1. The van der Waals surface area contributed by atoms with E-state index in [0.717, 1.165) is 5.56 Å². The topological polar surface area (TPSA) is 75.7 Å². The minimum atomic E-state index is -3.39. The number of carbonyl (C=O) groups is 1. The summed E-state index contributed by atoms with van der Waals surface area (Å²) in [5.41, 5.74) is 1.57. The molecular formula is C16H23ClN2O4S. The molecule has 6 nitrogen and oxygen atoms in total. The highest BCUT2D eigenvalue weighted by Crippen LogP contribution is 2.24. The van der Waals surface area contributed by atoms with Crippen molar-refractivity contribution in [3.8, 4) is 0 Å². The fourth-order valence-corrected chi connectivity index (χ4v) is 4.41. The SMILES string of the molecule is COCCS(=O)(=O)N1CCCC(C(=O)Nc2ccc(Cl)cc2C)C1. The lowest BCUT2D eigenvalue weighted by atomic mass is 9.98. The number of ether oxygens (including phenoxy) is 1. The van der Waals surface area contributed by atoms with E-state index in [0.29, 0.717) is 30.1 Å². The summed E-state index contributed by atoms with van der Waals surface area (Å²) >= 11 is 5.92. The Labute approximate surface area is 148 Å². The predicted octanol–water partition coefficient (Wildman–Crippen LogP) is 2.28. The minimum Gasteiger partial charge on any atom is -0.384 e. The second kappa shape index (κ2) is 8.29. The molecule has 1 aromatic carbocycles. The fourth-order valence-electron chi connectivity index (χ4n) is 2.73. The third-order valence-electron chi connectivity index (χ3n) is 4.14. The van der Waals surface area contributed by atoms with E-state index in [-0.39, 0.29) is 30.7 Å². The Kier molecular flexibility index (Phi) is 6.62. The zero-order valence-corrected chi connectivity index (χ0v) is 15.5. The molecule has 0 radical (unpaired) electrons. The monoisotopic (exact) mass is 374 g/mol. The molecule has 1 N–H and O–H groups in total. The van der Waals surface area contributed by atoms with E-state index in [1.807, 2.05) is 6.92 Å². The molecule has 1 heterocycles. The molecule has 1 fully saturated rings. The Bertz CT molecular complexity index is 693. The number of benzene rings is 1. The van der Waals surface area contributed by atoms with E-state index in [1.165, 1.54) is 11.4 Å². The molecule has 2 rings (SSSR count). The number of methoxy groups -OCH3 is 1. The smallest absolute Gasteiger partial charge is 0.228 e. The van der Waals surface area contributed by atoms with E-state index in [9.17, 15) is 13.2 Å². The summed E-state index contributed by atoms with van der Waals surface area (Å²) < 4.78 is 30.8. The maximum absolute atomic E-state index is 12.5. The Morgan fingerprint density at radius 2 is 2.21 bits per heavy atom. The number of rotatable bonds is 6. The summed E-state index contributed by atoms with van der Waals surface area (Å²) in [7, 11) is -1.92. The number of aryl methyl sites for hydroxylation is 1. The van der Waals surface area contributed by atoms with Crippen LogP contribution in [0.25, 0.3) is 0 Å². The third-order valence-corrected chi connectivity index (χ3v) is 6.18. The van der Waals surface area contributed by atoms with Crippen molar-refractivity contribution in [3.63, 3.8) is 0 Å². The van der Waals surface area contributed by atoms with Crippen LogP contribution in [0.1, 0.15) is 18.4 Å². The molecule has 1 unspecified atom stereocenters. The van der Waals surface area contributed by atoms with Crippen molar-refractivity contribution < 1.29 is 17.9 Å². The van der Waals surface area contributed by atoms with Gasteiger partial charge in [-0.2, -0.15) is 0 Å². The van der Waals surface area contributed by atoms with Crippen molar-refractivity contribution in [1.82, 2.24) is 4.31 Å². The molecule has 1 aliphatic rings. The van der Waals surface area contributed by atoms with Gasteiger partial charge in [0.2, 0.25) is 15.9 Å². The second-order valence-electron chi connectivity index (χ2n) is 5.95. The maximum atomic E-state index is 12.5. The van der Waals surface area contributed by atoms with E-state index in [4.69, 9.17) is 16.3 Å². The number of piperidine rings is 1. The van der Waals surface area contributed by atoms with Gasteiger partial charge in [-0.25, -0.2) is 12.7 Å². The van der Waals surface area contributed by atoms with Gasteiger partial charge in [-0.3, -0.25) is 4.79 Å². The van der Waals surface area contributed by atoms with Crippen LogP contribution in [0.3, 0.4) is 0 Å². The summed E-state index contributed by atoms with van der Waals surface area (Å²) in [6.07, 6.45) is 1.35. The van der Waals surface area contributed by atoms with Gasteiger partial charge in [0.25, 0.3) is 0 Å². The minimum absolute atomic E-state index is 0.0614.